The van der Waals surface area contributed by atoms with Crippen molar-refractivity contribution in [1.82, 2.24) is 19.2 Å². The van der Waals surface area contributed by atoms with Crippen molar-refractivity contribution in [3.63, 3.8) is 0 Å². The summed E-state index contributed by atoms with van der Waals surface area (Å²) in [6, 6.07) is 14.4. The van der Waals surface area contributed by atoms with Gasteiger partial charge in [0.25, 0.3) is 0 Å². The summed E-state index contributed by atoms with van der Waals surface area (Å²) in [5.74, 6) is 0. The second kappa shape index (κ2) is 8.07. The van der Waals surface area contributed by atoms with Gasteiger partial charge < -0.3 is 4.90 Å². The first-order valence-corrected chi connectivity index (χ1v) is 10.2. The lowest BCUT2D eigenvalue weighted by Gasteiger charge is -2.35. The van der Waals surface area contributed by atoms with Crippen LogP contribution < -0.4 is 4.90 Å². The van der Waals surface area contributed by atoms with Crippen LogP contribution in [0.5, 0.6) is 0 Å². The first kappa shape index (κ1) is 19.2. The molecule has 1 aliphatic heterocycles. The molecule has 1 aromatic heterocycles. The van der Waals surface area contributed by atoms with Crippen LogP contribution in [0.15, 0.2) is 48.8 Å². The minimum Gasteiger partial charge on any atom is -0.369 e. The fourth-order valence-electron chi connectivity index (χ4n) is 3.68. The van der Waals surface area contributed by atoms with Crippen LogP contribution in [-0.2, 0) is 6.67 Å². The maximum absolute atomic E-state index is 6.13. The van der Waals surface area contributed by atoms with Crippen LogP contribution in [0, 0.1) is 18.6 Å². The van der Waals surface area contributed by atoms with E-state index in [4.69, 9.17) is 23.8 Å². The molecule has 28 heavy (non-hydrogen) atoms. The Hall–Kier alpha value is -2.15. The van der Waals surface area contributed by atoms with Crippen molar-refractivity contribution >= 4 is 29.5 Å². The van der Waals surface area contributed by atoms with Crippen LogP contribution in [0.25, 0.3) is 5.69 Å². The number of nitrogens with zero attached hydrogens (tertiary/aromatic N) is 5. The summed E-state index contributed by atoms with van der Waals surface area (Å²) in [7, 11) is 0. The smallest absolute Gasteiger partial charge is 0.203 e. The van der Waals surface area contributed by atoms with E-state index >= 15 is 0 Å². The lowest BCUT2D eigenvalue weighted by Crippen LogP contribution is -2.47. The molecule has 0 unspecified atom stereocenters. The lowest BCUT2D eigenvalue weighted by atomic mass is 10.1. The highest BCUT2D eigenvalue weighted by Crippen LogP contribution is 2.21. The van der Waals surface area contributed by atoms with Gasteiger partial charge in [-0.15, -0.1) is 0 Å². The number of halogens is 1. The summed E-state index contributed by atoms with van der Waals surface area (Å²) in [4.78, 5) is 4.76. The van der Waals surface area contributed by atoms with Crippen molar-refractivity contribution in [3.05, 3.63) is 69.7 Å². The Kier molecular flexibility index (Phi) is 5.53. The predicted molar refractivity (Wildman–Crippen MR) is 117 cm³/mol. The SMILES string of the molecule is Cc1ccc(-n2cnn(CN3CCN(c4cccc(Cl)c4)CC3)c2=S)c(C)c1. The Balaban J connectivity index is 1.43. The number of aromatic nitrogens is 3. The molecular formula is C21H24ClN5S. The number of benzene rings is 2. The second-order valence-corrected chi connectivity index (χ2v) is 8.10. The molecule has 0 aliphatic carbocycles. The van der Waals surface area contributed by atoms with Gasteiger partial charge in [0, 0.05) is 36.9 Å². The van der Waals surface area contributed by atoms with Crippen LogP contribution >= 0.6 is 23.8 Å². The van der Waals surface area contributed by atoms with Gasteiger partial charge in [0.15, 0.2) is 0 Å². The van der Waals surface area contributed by atoms with Gasteiger partial charge >= 0.3 is 0 Å². The fourth-order valence-corrected chi connectivity index (χ4v) is 4.12. The van der Waals surface area contributed by atoms with E-state index < -0.39 is 0 Å². The van der Waals surface area contributed by atoms with E-state index in [9.17, 15) is 0 Å². The van der Waals surface area contributed by atoms with Crippen molar-refractivity contribution in [2.24, 2.45) is 0 Å². The number of anilines is 1. The zero-order valence-electron chi connectivity index (χ0n) is 16.2. The van der Waals surface area contributed by atoms with Crippen LogP contribution in [-0.4, -0.2) is 45.4 Å². The van der Waals surface area contributed by atoms with Crippen molar-refractivity contribution in [2.45, 2.75) is 20.5 Å². The van der Waals surface area contributed by atoms with Crippen LogP contribution in [0.2, 0.25) is 5.02 Å². The average molecular weight is 414 g/mol. The summed E-state index contributed by atoms with van der Waals surface area (Å²) < 4.78 is 4.62. The fraction of sp³-hybridized carbons (Fsp3) is 0.333. The molecule has 3 aromatic rings. The third-order valence-electron chi connectivity index (χ3n) is 5.22. The van der Waals surface area contributed by atoms with E-state index in [1.54, 1.807) is 0 Å². The molecule has 0 saturated carbocycles. The zero-order chi connectivity index (χ0) is 19.7. The molecule has 146 valence electrons. The monoisotopic (exact) mass is 413 g/mol. The van der Waals surface area contributed by atoms with Crippen molar-refractivity contribution in [2.75, 3.05) is 31.1 Å². The Morgan fingerprint density at radius 1 is 1.04 bits per heavy atom. The van der Waals surface area contributed by atoms with E-state index in [0.29, 0.717) is 6.67 Å². The molecule has 2 aromatic carbocycles. The maximum atomic E-state index is 6.13. The highest BCUT2D eigenvalue weighted by molar-refractivity contribution is 7.71. The first-order chi connectivity index (χ1) is 13.5. The number of piperazine rings is 1. The van der Waals surface area contributed by atoms with Crippen LogP contribution in [0.3, 0.4) is 0 Å². The molecular weight excluding hydrogens is 390 g/mol. The van der Waals surface area contributed by atoms with Gasteiger partial charge in [0.2, 0.25) is 4.77 Å². The quantitative estimate of drug-likeness (QED) is 0.591. The maximum Gasteiger partial charge on any atom is 0.203 e. The lowest BCUT2D eigenvalue weighted by molar-refractivity contribution is 0.194. The molecule has 4 rings (SSSR count). The van der Waals surface area contributed by atoms with Gasteiger partial charge in [-0.3, -0.25) is 9.47 Å². The van der Waals surface area contributed by atoms with E-state index in [2.05, 4.69) is 53.0 Å². The average Bonchev–Trinajstić information content (AvgIpc) is 3.03. The van der Waals surface area contributed by atoms with Crippen LogP contribution in [0.1, 0.15) is 11.1 Å². The zero-order valence-corrected chi connectivity index (χ0v) is 17.7. The Morgan fingerprint density at radius 3 is 2.54 bits per heavy atom. The standard InChI is InChI=1S/C21H24ClN5S/c1-16-6-7-20(17(2)12-16)26-14-23-27(21(26)28)15-24-8-10-25(11-9-24)19-5-3-4-18(22)13-19/h3-7,12-14H,8-11,15H2,1-2H3. The second-order valence-electron chi connectivity index (χ2n) is 7.30. The van der Waals surface area contributed by atoms with Crippen LogP contribution in [0.4, 0.5) is 5.69 Å². The third kappa shape index (κ3) is 3.99. The Morgan fingerprint density at radius 2 is 1.82 bits per heavy atom. The van der Waals surface area contributed by atoms with E-state index in [1.165, 1.54) is 16.8 Å². The van der Waals surface area contributed by atoms with Gasteiger partial charge in [-0.2, -0.15) is 5.10 Å². The van der Waals surface area contributed by atoms with Crippen molar-refractivity contribution in [1.29, 1.82) is 0 Å². The van der Waals surface area contributed by atoms with E-state index in [1.807, 2.05) is 33.8 Å². The highest BCUT2D eigenvalue weighted by Gasteiger charge is 2.18. The number of hydrogen-bond acceptors (Lipinski definition) is 4. The summed E-state index contributed by atoms with van der Waals surface area (Å²) in [5, 5.41) is 5.32. The van der Waals surface area contributed by atoms with Crippen molar-refractivity contribution < 1.29 is 0 Å². The molecule has 0 atom stereocenters. The molecule has 0 N–H and O–H groups in total. The van der Waals surface area contributed by atoms with Gasteiger partial charge in [-0.1, -0.05) is 35.4 Å². The Bertz CT molecular complexity index is 1030. The predicted octanol–water partition coefficient (Wildman–Crippen LogP) is 4.45. The number of aryl methyl sites for hydroxylation is 2. The van der Waals surface area contributed by atoms with Gasteiger partial charge in [-0.05, 0) is 55.9 Å². The van der Waals surface area contributed by atoms with E-state index in [0.717, 1.165) is 41.7 Å². The summed E-state index contributed by atoms with van der Waals surface area (Å²) in [5.41, 5.74) is 4.72. The molecule has 0 radical (unpaired) electrons. The first-order valence-electron chi connectivity index (χ1n) is 9.46. The van der Waals surface area contributed by atoms with Gasteiger partial charge in [-0.25, -0.2) is 4.68 Å². The molecule has 7 heteroatoms. The topological polar surface area (TPSA) is 29.2 Å². The normalized spacial score (nSPS) is 15.2. The molecule has 0 bridgehead atoms. The molecule has 1 saturated heterocycles. The minimum absolute atomic E-state index is 0.708. The minimum atomic E-state index is 0.708. The summed E-state index contributed by atoms with van der Waals surface area (Å²) >= 11 is 11.8. The molecule has 0 amide bonds. The Labute approximate surface area is 175 Å². The molecule has 1 fully saturated rings. The number of hydrogen-bond donors (Lipinski definition) is 0. The molecule has 2 heterocycles. The van der Waals surface area contributed by atoms with Crippen molar-refractivity contribution in [3.8, 4) is 5.69 Å². The summed E-state index contributed by atoms with van der Waals surface area (Å²) in [6.45, 7) is 8.77. The molecule has 0 spiro atoms. The van der Waals surface area contributed by atoms with E-state index in [-0.39, 0.29) is 0 Å². The van der Waals surface area contributed by atoms with Gasteiger partial charge in [0.1, 0.15) is 6.33 Å². The largest absolute Gasteiger partial charge is 0.369 e. The summed E-state index contributed by atoms with van der Waals surface area (Å²) in [6.07, 6.45) is 1.82. The highest BCUT2D eigenvalue weighted by atomic mass is 35.5. The molecule has 5 nitrogen and oxygen atoms in total. The van der Waals surface area contributed by atoms with Gasteiger partial charge in [0.05, 0.1) is 12.4 Å². The molecule has 1 aliphatic rings. The third-order valence-corrected chi connectivity index (χ3v) is 5.87. The number of rotatable bonds is 4.